The number of hydrogen-bond donors (Lipinski definition) is 1. The first-order valence-electron chi connectivity index (χ1n) is 7.29. The Morgan fingerprint density at radius 2 is 2.19 bits per heavy atom. The third-order valence-corrected chi connectivity index (χ3v) is 4.02. The highest BCUT2D eigenvalue weighted by Crippen LogP contribution is 2.20. The predicted molar refractivity (Wildman–Crippen MR) is 84.4 cm³/mol. The number of anilines is 1. The molecule has 2 rings (SSSR count). The molecule has 1 aliphatic heterocycles. The maximum absolute atomic E-state index is 12.1. The summed E-state index contributed by atoms with van der Waals surface area (Å²) in [6.07, 6.45) is 2.07. The average Bonchev–Trinajstić information content (AvgIpc) is 2.42. The number of amides is 2. The quantitative estimate of drug-likeness (QED) is 0.872. The molecule has 1 aromatic carbocycles. The number of hydrogen-bond acceptors (Lipinski definition) is 2. The maximum Gasteiger partial charge on any atom is 0.233 e. The van der Waals surface area contributed by atoms with Crippen LogP contribution in [0.5, 0.6) is 0 Å². The Bertz CT molecular complexity index is 545. The Morgan fingerprint density at radius 3 is 2.86 bits per heavy atom. The van der Waals surface area contributed by atoms with Gasteiger partial charge in [-0.2, -0.15) is 0 Å². The second kappa shape index (κ2) is 6.94. The zero-order valence-electron chi connectivity index (χ0n) is 12.5. The minimum atomic E-state index is -0.274. The van der Waals surface area contributed by atoms with E-state index >= 15 is 0 Å². The first kappa shape index (κ1) is 15.8. The molecular formula is C16H21ClN2O2. The summed E-state index contributed by atoms with van der Waals surface area (Å²) < 4.78 is 0. The molecule has 1 aromatic rings. The van der Waals surface area contributed by atoms with Crippen molar-refractivity contribution in [1.29, 1.82) is 0 Å². The van der Waals surface area contributed by atoms with Crippen molar-refractivity contribution in [3.05, 3.63) is 28.8 Å². The third kappa shape index (κ3) is 4.46. The van der Waals surface area contributed by atoms with Gasteiger partial charge in [-0.1, -0.05) is 18.5 Å². The van der Waals surface area contributed by atoms with Gasteiger partial charge in [-0.05, 0) is 49.4 Å². The zero-order valence-corrected chi connectivity index (χ0v) is 13.2. The lowest BCUT2D eigenvalue weighted by atomic mass is 10.00. The molecule has 1 heterocycles. The minimum absolute atomic E-state index is 0.0920. The number of benzene rings is 1. The van der Waals surface area contributed by atoms with E-state index < -0.39 is 0 Å². The molecule has 1 N–H and O–H groups in total. The van der Waals surface area contributed by atoms with Gasteiger partial charge >= 0.3 is 0 Å². The predicted octanol–water partition coefficient (Wildman–Crippen LogP) is 3.24. The van der Waals surface area contributed by atoms with Crippen LogP contribution in [0.1, 0.15) is 31.7 Å². The van der Waals surface area contributed by atoms with Crippen LogP contribution in [0.3, 0.4) is 0 Å². The molecule has 4 nitrogen and oxygen atoms in total. The summed E-state index contributed by atoms with van der Waals surface area (Å²) >= 11 is 5.88. The first-order valence-corrected chi connectivity index (χ1v) is 7.67. The van der Waals surface area contributed by atoms with E-state index in [0.29, 0.717) is 16.6 Å². The van der Waals surface area contributed by atoms with E-state index in [1.807, 2.05) is 6.92 Å². The first-order chi connectivity index (χ1) is 9.95. The van der Waals surface area contributed by atoms with E-state index in [0.717, 1.165) is 31.5 Å². The lowest BCUT2D eigenvalue weighted by Crippen LogP contribution is -2.40. The Balaban J connectivity index is 1.90. The van der Waals surface area contributed by atoms with E-state index in [4.69, 9.17) is 11.6 Å². The Kier molecular flexibility index (Phi) is 5.23. The summed E-state index contributed by atoms with van der Waals surface area (Å²) in [5.41, 5.74) is 1.58. The molecule has 1 unspecified atom stereocenters. The number of carbonyl (C=O) groups is 2. The summed E-state index contributed by atoms with van der Waals surface area (Å²) in [5, 5.41) is 3.40. The smallest absolute Gasteiger partial charge is 0.233 e. The molecule has 0 aliphatic carbocycles. The van der Waals surface area contributed by atoms with Crippen LogP contribution < -0.4 is 5.32 Å². The van der Waals surface area contributed by atoms with E-state index in [2.05, 4.69) is 12.2 Å². The van der Waals surface area contributed by atoms with Crippen molar-refractivity contribution in [3.63, 3.8) is 0 Å². The number of halogens is 1. The van der Waals surface area contributed by atoms with Crippen molar-refractivity contribution in [2.45, 2.75) is 33.1 Å². The fourth-order valence-corrected chi connectivity index (χ4v) is 2.85. The van der Waals surface area contributed by atoms with Gasteiger partial charge < -0.3 is 10.2 Å². The number of rotatable bonds is 3. The van der Waals surface area contributed by atoms with Crippen molar-refractivity contribution in [2.75, 3.05) is 18.4 Å². The van der Waals surface area contributed by atoms with Gasteiger partial charge in [-0.3, -0.25) is 9.59 Å². The van der Waals surface area contributed by atoms with Gasteiger partial charge in [-0.15, -0.1) is 0 Å². The number of piperidine rings is 1. The molecule has 0 bridgehead atoms. The second-order valence-electron chi connectivity index (χ2n) is 5.77. The molecule has 0 spiro atoms. The fraction of sp³-hybridized carbons (Fsp3) is 0.500. The fourth-order valence-electron chi connectivity index (χ4n) is 2.63. The third-order valence-electron chi connectivity index (χ3n) is 3.78. The number of likely N-dealkylation sites (tertiary alicyclic amines) is 1. The molecule has 114 valence electrons. The van der Waals surface area contributed by atoms with E-state index in [9.17, 15) is 9.59 Å². The van der Waals surface area contributed by atoms with Crippen LogP contribution in [0.15, 0.2) is 18.2 Å². The molecule has 2 amide bonds. The summed E-state index contributed by atoms with van der Waals surface area (Å²) in [6, 6.07) is 5.26. The molecule has 5 heteroatoms. The number of aryl methyl sites for hydroxylation is 1. The highest BCUT2D eigenvalue weighted by atomic mass is 35.5. The van der Waals surface area contributed by atoms with E-state index in [-0.39, 0.29) is 18.2 Å². The van der Waals surface area contributed by atoms with Crippen molar-refractivity contribution >= 4 is 29.1 Å². The maximum atomic E-state index is 12.1. The van der Waals surface area contributed by atoms with Gasteiger partial charge in [0, 0.05) is 23.8 Å². The summed E-state index contributed by atoms with van der Waals surface area (Å²) in [5.74, 6) is 0.151. The van der Waals surface area contributed by atoms with Crippen LogP contribution in [-0.2, 0) is 9.59 Å². The highest BCUT2D eigenvalue weighted by molar-refractivity contribution is 6.30. The van der Waals surface area contributed by atoms with E-state index in [1.54, 1.807) is 23.1 Å². The monoisotopic (exact) mass is 308 g/mol. The number of carbonyl (C=O) groups excluding carboxylic acids is 2. The van der Waals surface area contributed by atoms with Crippen LogP contribution in [0.4, 0.5) is 5.69 Å². The molecular weight excluding hydrogens is 288 g/mol. The molecule has 1 fully saturated rings. The molecule has 21 heavy (non-hydrogen) atoms. The van der Waals surface area contributed by atoms with Gasteiger partial charge in [0.05, 0.1) is 0 Å². The minimum Gasteiger partial charge on any atom is -0.342 e. The normalized spacial score (nSPS) is 18.4. The van der Waals surface area contributed by atoms with E-state index in [1.165, 1.54) is 0 Å². The Morgan fingerprint density at radius 1 is 1.43 bits per heavy atom. The van der Waals surface area contributed by atoms with Gasteiger partial charge in [0.1, 0.15) is 6.42 Å². The Hall–Kier alpha value is -1.55. The van der Waals surface area contributed by atoms with Gasteiger partial charge in [0.25, 0.3) is 0 Å². The molecule has 0 aromatic heterocycles. The summed E-state index contributed by atoms with van der Waals surface area (Å²) in [4.78, 5) is 25.9. The van der Waals surface area contributed by atoms with Crippen molar-refractivity contribution in [2.24, 2.45) is 5.92 Å². The van der Waals surface area contributed by atoms with Gasteiger partial charge in [-0.25, -0.2) is 0 Å². The second-order valence-corrected chi connectivity index (χ2v) is 6.21. The molecule has 0 radical (unpaired) electrons. The highest BCUT2D eigenvalue weighted by Gasteiger charge is 2.22. The SMILES string of the molecule is Cc1cc(Cl)ccc1NC(=O)CC(=O)N1CCCC(C)C1. The summed E-state index contributed by atoms with van der Waals surface area (Å²) in [6.45, 7) is 5.52. The topological polar surface area (TPSA) is 49.4 Å². The molecule has 1 aliphatic rings. The van der Waals surface area contributed by atoms with Crippen molar-refractivity contribution in [1.82, 2.24) is 4.90 Å². The molecule has 1 saturated heterocycles. The van der Waals surface area contributed by atoms with Crippen LogP contribution in [0, 0.1) is 12.8 Å². The van der Waals surface area contributed by atoms with Crippen molar-refractivity contribution < 1.29 is 9.59 Å². The average molecular weight is 309 g/mol. The van der Waals surface area contributed by atoms with Crippen molar-refractivity contribution in [3.8, 4) is 0 Å². The lowest BCUT2D eigenvalue weighted by Gasteiger charge is -2.30. The summed E-state index contributed by atoms with van der Waals surface area (Å²) in [7, 11) is 0. The van der Waals surface area contributed by atoms with Gasteiger partial charge in [0.15, 0.2) is 0 Å². The number of nitrogens with zero attached hydrogens (tertiary/aromatic N) is 1. The number of nitrogens with one attached hydrogen (secondary N) is 1. The largest absolute Gasteiger partial charge is 0.342 e. The standard InChI is InChI=1S/C16H21ClN2O2/c1-11-4-3-7-19(10-11)16(21)9-15(20)18-14-6-5-13(17)8-12(14)2/h5-6,8,11H,3-4,7,9-10H2,1-2H3,(H,18,20). The van der Waals surface area contributed by atoms with Crippen LogP contribution >= 0.6 is 11.6 Å². The lowest BCUT2D eigenvalue weighted by molar-refractivity contribution is -0.136. The molecule has 1 atom stereocenters. The molecule has 0 saturated carbocycles. The zero-order chi connectivity index (χ0) is 15.4. The van der Waals surface area contributed by atoms with Crippen LogP contribution in [0.2, 0.25) is 5.02 Å². The van der Waals surface area contributed by atoms with Crippen LogP contribution in [-0.4, -0.2) is 29.8 Å². The van der Waals surface area contributed by atoms with Gasteiger partial charge in [0.2, 0.25) is 11.8 Å². The van der Waals surface area contributed by atoms with Crippen LogP contribution in [0.25, 0.3) is 0 Å². The Labute approximate surface area is 130 Å².